The lowest BCUT2D eigenvalue weighted by Gasteiger charge is -1.93. The molecule has 0 radical (unpaired) electrons. The molecule has 0 amide bonds. The van der Waals surface area contributed by atoms with Gasteiger partial charge in [-0.3, -0.25) is 0 Å². The van der Waals surface area contributed by atoms with Gasteiger partial charge in [-0.2, -0.15) is 0 Å². The molecule has 0 aromatic carbocycles. The summed E-state index contributed by atoms with van der Waals surface area (Å²) in [7, 11) is 0. The minimum Gasteiger partial charge on any atom is -0.464 e. The number of ether oxygens (including phenoxy) is 1. The van der Waals surface area contributed by atoms with Crippen molar-refractivity contribution in [2.75, 3.05) is 13.2 Å². The zero-order valence-corrected chi connectivity index (χ0v) is 6.30. The molecule has 0 saturated heterocycles. The van der Waals surface area contributed by atoms with Gasteiger partial charge in [0.1, 0.15) is 6.61 Å². The molecule has 0 rings (SSSR count). The third-order valence-electron chi connectivity index (χ3n) is 0.434. The molecular formula is C4H9BrO3. The summed E-state index contributed by atoms with van der Waals surface area (Å²) in [6, 6.07) is 0. The molecule has 4 heteroatoms. The van der Waals surface area contributed by atoms with Gasteiger partial charge in [0.25, 0.3) is 0 Å². The van der Waals surface area contributed by atoms with Crippen LogP contribution in [0.1, 0.15) is 6.92 Å². The lowest BCUT2D eigenvalue weighted by molar-refractivity contribution is -0.146. The van der Waals surface area contributed by atoms with Gasteiger partial charge in [-0.25, -0.2) is 4.79 Å². The molecule has 0 fully saturated rings. The Balaban J connectivity index is 0. The smallest absolute Gasteiger partial charge is 0.331 e. The first kappa shape index (κ1) is 10.8. The average Bonchev–Trinajstić information content (AvgIpc) is 1.68. The standard InChI is InChI=1S/C4H8O3.BrH/c1-2-7-4(6)3-5;/h5H,2-3H2,1H3;1H. The molecule has 0 unspecified atom stereocenters. The zero-order chi connectivity index (χ0) is 5.70. The molecular weight excluding hydrogens is 176 g/mol. The molecule has 0 aliphatic rings. The van der Waals surface area contributed by atoms with E-state index in [-0.39, 0.29) is 17.0 Å². The molecule has 0 heterocycles. The molecule has 1 N–H and O–H groups in total. The molecule has 8 heavy (non-hydrogen) atoms. The predicted octanol–water partition coefficient (Wildman–Crippen LogP) is 0.120. The van der Waals surface area contributed by atoms with Gasteiger partial charge < -0.3 is 9.84 Å². The largest absolute Gasteiger partial charge is 0.464 e. The summed E-state index contributed by atoms with van der Waals surface area (Å²) in [6.45, 7) is 1.50. The normalized spacial score (nSPS) is 7.25. The van der Waals surface area contributed by atoms with Crippen LogP contribution < -0.4 is 0 Å². The Hall–Kier alpha value is -0.0900. The van der Waals surface area contributed by atoms with Crippen LogP contribution in [0.25, 0.3) is 0 Å². The fourth-order valence-electron chi connectivity index (χ4n) is 0.207. The number of hydrogen-bond acceptors (Lipinski definition) is 3. The second kappa shape index (κ2) is 6.91. The molecule has 0 bridgehead atoms. The van der Waals surface area contributed by atoms with Crippen molar-refractivity contribution in [3.05, 3.63) is 0 Å². The maximum absolute atomic E-state index is 9.94. The van der Waals surface area contributed by atoms with E-state index in [0.29, 0.717) is 6.61 Å². The molecule has 0 aliphatic heterocycles. The summed E-state index contributed by atoms with van der Waals surface area (Å²) in [5, 5.41) is 7.99. The summed E-state index contributed by atoms with van der Waals surface area (Å²) >= 11 is 0. The van der Waals surface area contributed by atoms with Gasteiger partial charge in [0.15, 0.2) is 0 Å². The summed E-state index contributed by atoms with van der Waals surface area (Å²) in [5.41, 5.74) is 0. The van der Waals surface area contributed by atoms with Gasteiger partial charge in [0, 0.05) is 0 Å². The lowest BCUT2D eigenvalue weighted by Crippen LogP contribution is -2.07. The minimum absolute atomic E-state index is 0. The predicted molar refractivity (Wildman–Crippen MR) is 34.0 cm³/mol. The first-order valence-electron chi connectivity index (χ1n) is 2.07. The van der Waals surface area contributed by atoms with E-state index in [1.807, 2.05) is 0 Å². The van der Waals surface area contributed by atoms with E-state index < -0.39 is 12.6 Å². The van der Waals surface area contributed by atoms with E-state index in [4.69, 9.17) is 5.11 Å². The maximum Gasteiger partial charge on any atom is 0.331 e. The summed E-state index contributed by atoms with van der Waals surface area (Å²) in [6.07, 6.45) is 0. The molecule has 0 spiro atoms. The Labute approximate surface area is 58.4 Å². The van der Waals surface area contributed by atoms with Crippen LogP contribution in [0.4, 0.5) is 0 Å². The van der Waals surface area contributed by atoms with Crippen molar-refractivity contribution in [2.45, 2.75) is 6.92 Å². The number of esters is 1. The number of aliphatic hydroxyl groups is 1. The fraction of sp³-hybridized carbons (Fsp3) is 0.750. The molecule has 0 aromatic heterocycles. The highest BCUT2D eigenvalue weighted by Crippen LogP contribution is 1.71. The van der Waals surface area contributed by atoms with E-state index in [9.17, 15) is 4.79 Å². The van der Waals surface area contributed by atoms with Gasteiger partial charge in [-0.15, -0.1) is 17.0 Å². The third-order valence-corrected chi connectivity index (χ3v) is 0.434. The quantitative estimate of drug-likeness (QED) is 0.621. The first-order chi connectivity index (χ1) is 3.31. The fourth-order valence-corrected chi connectivity index (χ4v) is 0.207. The maximum atomic E-state index is 9.94. The van der Waals surface area contributed by atoms with Crippen LogP contribution in [-0.4, -0.2) is 24.3 Å². The number of aliphatic hydroxyl groups excluding tert-OH is 1. The van der Waals surface area contributed by atoms with E-state index >= 15 is 0 Å². The molecule has 0 aliphatic carbocycles. The third kappa shape index (κ3) is 5.91. The van der Waals surface area contributed by atoms with E-state index in [2.05, 4.69) is 4.74 Å². The summed E-state index contributed by atoms with van der Waals surface area (Å²) in [4.78, 5) is 9.94. The monoisotopic (exact) mass is 184 g/mol. The number of rotatable bonds is 2. The zero-order valence-electron chi connectivity index (χ0n) is 4.59. The first-order valence-corrected chi connectivity index (χ1v) is 2.07. The number of carbonyl (C=O) groups excluding carboxylic acids is 1. The van der Waals surface area contributed by atoms with Crippen molar-refractivity contribution in [1.29, 1.82) is 0 Å². The second-order valence-corrected chi connectivity index (χ2v) is 0.963. The summed E-state index contributed by atoms with van der Waals surface area (Å²) < 4.78 is 4.30. The van der Waals surface area contributed by atoms with Crippen LogP contribution in [0.15, 0.2) is 0 Å². The summed E-state index contributed by atoms with van der Waals surface area (Å²) in [5.74, 6) is -0.567. The van der Waals surface area contributed by atoms with Crippen molar-refractivity contribution in [3.63, 3.8) is 0 Å². The Kier molecular flexibility index (Phi) is 9.34. The number of halogens is 1. The van der Waals surface area contributed by atoms with Crippen molar-refractivity contribution in [1.82, 2.24) is 0 Å². The van der Waals surface area contributed by atoms with Gasteiger partial charge in [0.05, 0.1) is 6.61 Å². The highest BCUT2D eigenvalue weighted by molar-refractivity contribution is 8.93. The molecule has 0 saturated carbocycles. The molecule has 0 aromatic rings. The minimum atomic E-state index is -0.567. The van der Waals surface area contributed by atoms with Crippen LogP contribution in [-0.2, 0) is 9.53 Å². The Morgan fingerprint density at radius 2 is 2.25 bits per heavy atom. The number of hydrogen-bond donors (Lipinski definition) is 1. The Morgan fingerprint density at radius 1 is 1.75 bits per heavy atom. The molecule has 0 atom stereocenters. The highest BCUT2D eigenvalue weighted by atomic mass is 79.9. The SMILES string of the molecule is Br.CCOC(=O)CO. The van der Waals surface area contributed by atoms with E-state index in [1.54, 1.807) is 6.92 Å². The Bertz CT molecular complexity index is 64.3. The number of carbonyl (C=O) groups is 1. The van der Waals surface area contributed by atoms with Crippen LogP contribution >= 0.6 is 17.0 Å². The highest BCUT2D eigenvalue weighted by Gasteiger charge is 1.92. The van der Waals surface area contributed by atoms with E-state index in [1.165, 1.54) is 0 Å². The molecule has 50 valence electrons. The van der Waals surface area contributed by atoms with Crippen LogP contribution in [0, 0.1) is 0 Å². The van der Waals surface area contributed by atoms with Crippen molar-refractivity contribution in [2.24, 2.45) is 0 Å². The second-order valence-electron chi connectivity index (χ2n) is 0.963. The van der Waals surface area contributed by atoms with Crippen LogP contribution in [0.3, 0.4) is 0 Å². The van der Waals surface area contributed by atoms with Crippen molar-refractivity contribution < 1.29 is 14.6 Å². The van der Waals surface area contributed by atoms with E-state index in [0.717, 1.165) is 0 Å². The van der Waals surface area contributed by atoms with Gasteiger partial charge in [-0.05, 0) is 6.92 Å². The molecule has 3 nitrogen and oxygen atoms in total. The van der Waals surface area contributed by atoms with Gasteiger partial charge in [0.2, 0.25) is 0 Å². The van der Waals surface area contributed by atoms with Gasteiger partial charge >= 0.3 is 5.97 Å². The average molecular weight is 185 g/mol. The van der Waals surface area contributed by atoms with Crippen LogP contribution in [0.2, 0.25) is 0 Å². The van der Waals surface area contributed by atoms with Gasteiger partial charge in [-0.1, -0.05) is 0 Å². The topological polar surface area (TPSA) is 46.5 Å². The Morgan fingerprint density at radius 3 is 2.38 bits per heavy atom. The van der Waals surface area contributed by atoms with Crippen LogP contribution in [0.5, 0.6) is 0 Å². The van der Waals surface area contributed by atoms with Crippen molar-refractivity contribution >= 4 is 23.0 Å². The van der Waals surface area contributed by atoms with Crippen molar-refractivity contribution in [3.8, 4) is 0 Å². The lowest BCUT2D eigenvalue weighted by atomic mass is 10.7.